The Morgan fingerprint density at radius 2 is 2.13 bits per heavy atom. The van der Waals surface area contributed by atoms with E-state index in [1.807, 2.05) is 12.1 Å². The first-order valence-corrected chi connectivity index (χ1v) is 11.5. The molecule has 0 saturated carbocycles. The number of furan rings is 1. The van der Waals surface area contributed by atoms with Crippen LogP contribution in [0.5, 0.6) is 0 Å². The van der Waals surface area contributed by atoms with Crippen LogP contribution in [0, 0.1) is 0 Å². The third kappa shape index (κ3) is 9.36. The van der Waals surface area contributed by atoms with E-state index in [0.29, 0.717) is 6.04 Å². The molecule has 3 rings (SSSR count). The van der Waals surface area contributed by atoms with Crippen LogP contribution in [0.2, 0.25) is 0 Å². The van der Waals surface area contributed by atoms with E-state index in [-0.39, 0.29) is 24.0 Å². The van der Waals surface area contributed by atoms with Crippen molar-refractivity contribution in [2.24, 2.45) is 4.99 Å². The van der Waals surface area contributed by atoms with Gasteiger partial charge in [0.15, 0.2) is 5.96 Å². The predicted molar refractivity (Wildman–Crippen MR) is 135 cm³/mol. The molecular weight excluding hydrogens is 511 g/mol. The van der Waals surface area contributed by atoms with Crippen LogP contribution in [0.25, 0.3) is 0 Å². The Bertz CT molecular complexity index is 686. The molecule has 0 amide bonds. The monoisotopic (exact) mass is 546 g/mol. The molecule has 0 aromatic carbocycles. The number of nitrogens with zero attached hydrogens (tertiary/aromatic N) is 2. The van der Waals surface area contributed by atoms with Crippen LogP contribution in [0.1, 0.15) is 29.9 Å². The number of halogens is 1. The Kier molecular flexibility index (Phi) is 12.4. The number of methoxy groups -OCH3 is 1. The summed E-state index contributed by atoms with van der Waals surface area (Å²) < 4.78 is 10.6. The molecule has 6 nitrogen and oxygen atoms in total. The minimum absolute atomic E-state index is 0. The first-order valence-electron chi connectivity index (χ1n) is 10.6. The predicted octanol–water partition coefficient (Wildman–Crippen LogP) is 3.78. The lowest BCUT2D eigenvalue weighted by atomic mass is 10.1. The first kappa shape index (κ1) is 25.2. The zero-order valence-electron chi connectivity index (χ0n) is 17.8. The lowest BCUT2D eigenvalue weighted by Crippen LogP contribution is -2.49. The average molecular weight is 547 g/mol. The second kappa shape index (κ2) is 14.8. The van der Waals surface area contributed by atoms with E-state index >= 15 is 0 Å². The number of rotatable bonds is 11. The van der Waals surface area contributed by atoms with Gasteiger partial charge in [-0.25, -0.2) is 0 Å². The van der Waals surface area contributed by atoms with Gasteiger partial charge in [0.2, 0.25) is 0 Å². The van der Waals surface area contributed by atoms with Crippen LogP contribution in [-0.4, -0.2) is 63.3 Å². The molecule has 1 fully saturated rings. The van der Waals surface area contributed by atoms with Gasteiger partial charge in [0.25, 0.3) is 0 Å². The SMILES string of the molecule is COCCCN1CCC(NC(=NCCc2cccs2)NCCc2ccco2)CC1.I. The third-order valence-electron chi connectivity index (χ3n) is 5.20. The van der Waals surface area contributed by atoms with Crippen molar-refractivity contribution in [3.8, 4) is 0 Å². The summed E-state index contributed by atoms with van der Waals surface area (Å²) in [7, 11) is 1.77. The fourth-order valence-corrected chi connectivity index (χ4v) is 4.27. The van der Waals surface area contributed by atoms with Crippen LogP contribution in [0.4, 0.5) is 0 Å². The maximum Gasteiger partial charge on any atom is 0.191 e. The van der Waals surface area contributed by atoms with Gasteiger partial charge in [0.1, 0.15) is 5.76 Å². The zero-order chi connectivity index (χ0) is 20.2. The van der Waals surface area contributed by atoms with Crippen LogP contribution in [0.3, 0.4) is 0 Å². The molecule has 0 bridgehead atoms. The average Bonchev–Trinajstić information content (AvgIpc) is 3.44. The van der Waals surface area contributed by atoms with E-state index in [1.54, 1.807) is 24.7 Å². The highest BCUT2D eigenvalue weighted by molar-refractivity contribution is 14.0. The van der Waals surface area contributed by atoms with Gasteiger partial charge < -0.3 is 24.7 Å². The number of hydrogen-bond donors (Lipinski definition) is 2. The summed E-state index contributed by atoms with van der Waals surface area (Å²) in [6.07, 6.45) is 6.98. The van der Waals surface area contributed by atoms with Crippen molar-refractivity contribution in [2.45, 2.75) is 38.1 Å². The summed E-state index contributed by atoms with van der Waals surface area (Å²) in [5.74, 6) is 1.92. The molecular formula is C22H35IN4O2S. The molecule has 2 aromatic rings. The largest absolute Gasteiger partial charge is 0.469 e. The highest BCUT2D eigenvalue weighted by Crippen LogP contribution is 2.11. The third-order valence-corrected chi connectivity index (χ3v) is 6.14. The second-order valence-electron chi connectivity index (χ2n) is 7.42. The Labute approximate surface area is 201 Å². The summed E-state index contributed by atoms with van der Waals surface area (Å²) >= 11 is 1.80. The quantitative estimate of drug-likeness (QED) is 0.195. The number of nitrogens with one attached hydrogen (secondary N) is 2. The lowest BCUT2D eigenvalue weighted by Gasteiger charge is -2.33. The number of hydrogen-bond acceptors (Lipinski definition) is 5. The van der Waals surface area contributed by atoms with Crippen LogP contribution >= 0.6 is 35.3 Å². The maximum atomic E-state index is 5.43. The van der Waals surface area contributed by atoms with Crippen molar-refractivity contribution in [3.63, 3.8) is 0 Å². The molecule has 8 heteroatoms. The van der Waals surface area contributed by atoms with E-state index in [2.05, 4.69) is 33.0 Å². The number of likely N-dealkylation sites (tertiary alicyclic amines) is 1. The number of piperidine rings is 1. The smallest absolute Gasteiger partial charge is 0.191 e. The number of guanidine groups is 1. The summed E-state index contributed by atoms with van der Waals surface area (Å²) in [5, 5.41) is 9.28. The van der Waals surface area contributed by atoms with E-state index in [0.717, 1.165) is 83.2 Å². The second-order valence-corrected chi connectivity index (χ2v) is 8.45. The molecule has 30 heavy (non-hydrogen) atoms. The van der Waals surface area contributed by atoms with Crippen molar-refractivity contribution < 1.29 is 9.15 Å². The fraction of sp³-hybridized carbons (Fsp3) is 0.591. The van der Waals surface area contributed by atoms with Crippen molar-refractivity contribution in [2.75, 3.05) is 46.4 Å². The molecule has 168 valence electrons. The molecule has 2 N–H and O–H groups in total. The van der Waals surface area contributed by atoms with Gasteiger partial charge in [-0.1, -0.05) is 6.07 Å². The van der Waals surface area contributed by atoms with Crippen LogP contribution in [-0.2, 0) is 17.6 Å². The van der Waals surface area contributed by atoms with Gasteiger partial charge in [-0.2, -0.15) is 0 Å². The van der Waals surface area contributed by atoms with E-state index in [4.69, 9.17) is 14.1 Å². The lowest BCUT2D eigenvalue weighted by molar-refractivity contribution is 0.155. The molecule has 0 radical (unpaired) electrons. The van der Waals surface area contributed by atoms with E-state index < -0.39 is 0 Å². The summed E-state index contributed by atoms with van der Waals surface area (Å²) in [6.45, 7) is 5.86. The highest BCUT2D eigenvalue weighted by atomic mass is 127. The number of thiophene rings is 1. The molecule has 0 spiro atoms. The number of aliphatic imine (C=N–C) groups is 1. The Morgan fingerprint density at radius 1 is 1.27 bits per heavy atom. The van der Waals surface area contributed by atoms with Crippen LogP contribution in [0.15, 0.2) is 45.3 Å². The Morgan fingerprint density at radius 3 is 2.83 bits per heavy atom. The maximum absolute atomic E-state index is 5.43. The molecule has 2 aromatic heterocycles. The standard InChI is InChI=1S/C22H34N4O2S.HI/c1-27-16-4-13-26-14-9-19(10-15-26)25-22(23-11-7-20-5-2-17-28-20)24-12-8-21-6-3-18-29-21;/h2-3,5-6,17-19H,4,7-16H2,1H3,(H2,23,24,25);1H. The van der Waals surface area contributed by atoms with Gasteiger partial charge in [0.05, 0.1) is 6.26 Å². The fourth-order valence-electron chi connectivity index (χ4n) is 3.57. The molecule has 0 aliphatic carbocycles. The van der Waals surface area contributed by atoms with Crippen molar-refractivity contribution >= 4 is 41.3 Å². The zero-order valence-corrected chi connectivity index (χ0v) is 21.0. The van der Waals surface area contributed by atoms with Crippen molar-refractivity contribution in [1.29, 1.82) is 0 Å². The summed E-state index contributed by atoms with van der Waals surface area (Å²) in [4.78, 5) is 8.75. The summed E-state index contributed by atoms with van der Waals surface area (Å²) in [6, 6.07) is 8.71. The van der Waals surface area contributed by atoms with Gasteiger partial charge in [-0.15, -0.1) is 35.3 Å². The summed E-state index contributed by atoms with van der Waals surface area (Å²) in [5.41, 5.74) is 0. The molecule has 1 aliphatic rings. The minimum atomic E-state index is 0. The van der Waals surface area contributed by atoms with Gasteiger partial charge in [0, 0.05) is 70.2 Å². The molecule has 3 heterocycles. The first-order chi connectivity index (χ1) is 14.3. The van der Waals surface area contributed by atoms with E-state index in [9.17, 15) is 0 Å². The Balaban J connectivity index is 0.00000320. The topological polar surface area (TPSA) is 62.0 Å². The van der Waals surface area contributed by atoms with Crippen LogP contribution < -0.4 is 10.6 Å². The molecule has 1 aliphatic heterocycles. The van der Waals surface area contributed by atoms with E-state index in [1.165, 1.54) is 4.88 Å². The normalized spacial score (nSPS) is 15.7. The van der Waals surface area contributed by atoms with Crippen molar-refractivity contribution in [3.05, 3.63) is 46.5 Å². The Hall–Kier alpha value is -1.10. The van der Waals surface area contributed by atoms with Crippen molar-refractivity contribution in [1.82, 2.24) is 15.5 Å². The van der Waals surface area contributed by atoms with Gasteiger partial charge >= 0.3 is 0 Å². The number of ether oxygens (including phenoxy) is 1. The minimum Gasteiger partial charge on any atom is -0.469 e. The highest BCUT2D eigenvalue weighted by Gasteiger charge is 2.19. The molecule has 0 unspecified atom stereocenters. The molecule has 0 atom stereocenters. The van der Waals surface area contributed by atoms with Gasteiger partial charge in [-0.05, 0) is 42.8 Å². The molecule has 1 saturated heterocycles. The van der Waals surface area contributed by atoms with Gasteiger partial charge in [-0.3, -0.25) is 4.99 Å².